The lowest BCUT2D eigenvalue weighted by Gasteiger charge is -2.34. The number of ether oxygens (including phenoxy) is 2. The number of hydrogen-bond donors (Lipinski definition) is 0. The fraction of sp³-hybridized carbons (Fsp3) is 0.357. The van der Waals surface area contributed by atoms with Gasteiger partial charge in [-0.2, -0.15) is 0 Å². The average molecular weight is 445 g/mol. The second-order valence-electron chi connectivity index (χ2n) is 8.50. The van der Waals surface area contributed by atoms with Gasteiger partial charge in [0.05, 0.1) is 12.7 Å². The molecule has 0 aliphatic carbocycles. The molecule has 33 heavy (non-hydrogen) atoms. The first-order chi connectivity index (χ1) is 16.2. The highest BCUT2D eigenvalue weighted by atomic mass is 16.5. The molecule has 1 aliphatic heterocycles. The highest BCUT2D eigenvalue weighted by Gasteiger charge is 2.25. The first kappa shape index (κ1) is 23.1. The van der Waals surface area contributed by atoms with Gasteiger partial charge in [-0.05, 0) is 42.0 Å². The van der Waals surface area contributed by atoms with Crippen LogP contribution in [0.2, 0.25) is 0 Å². The number of benzene rings is 2. The molecule has 0 atom stereocenters. The molecule has 0 amide bonds. The maximum Gasteiger partial charge on any atom is 0.356 e. The van der Waals surface area contributed by atoms with Crippen LogP contribution in [0.3, 0.4) is 0 Å². The number of likely N-dealkylation sites (tertiary alicyclic amines) is 1. The van der Waals surface area contributed by atoms with Crippen molar-refractivity contribution in [1.29, 1.82) is 0 Å². The summed E-state index contributed by atoms with van der Waals surface area (Å²) >= 11 is 0. The van der Waals surface area contributed by atoms with Gasteiger partial charge in [-0.1, -0.05) is 73.7 Å². The van der Waals surface area contributed by atoms with Crippen molar-refractivity contribution in [2.45, 2.75) is 44.9 Å². The maximum atomic E-state index is 11.9. The Labute approximate surface area is 196 Å². The van der Waals surface area contributed by atoms with E-state index < -0.39 is 0 Å². The zero-order chi connectivity index (χ0) is 22.9. The number of aromatic nitrogens is 1. The summed E-state index contributed by atoms with van der Waals surface area (Å²) in [6.45, 7) is 5.17. The normalized spacial score (nSPS) is 15.0. The minimum atomic E-state index is -0.354. The Morgan fingerprint density at radius 1 is 0.970 bits per heavy atom. The summed E-state index contributed by atoms with van der Waals surface area (Å²) < 4.78 is 11.8. The third-order valence-electron chi connectivity index (χ3n) is 5.95. The van der Waals surface area contributed by atoms with Crippen LogP contribution in [-0.4, -0.2) is 41.7 Å². The van der Waals surface area contributed by atoms with Crippen LogP contribution in [0.5, 0.6) is 0 Å². The molecule has 4 rings (SSSR count). The summed E-state index contributed by atoms with van der Waals surface area (Å²) in [6, 6.07) is 24.7. The van der Waals surface area contributed by atoms with Gasteiger partial charge in [0.1, 0.15) is 11.8 Å². The highest BCUT2D eigenvalue weighted by Crippen LogP contribution is 2.30. The fourth-order valence-electron chi connectivity index (χ4n) is 4.17. The number of carbonyl (C=O) groups excluding carboxylic acids is 1. The van der Waals surface area contributed by atoms with Crippen LogP contribution in [0.1, 0.15) is 59.5 Å². The van der Waals surface area contributed by atoms with Crippen molar-refractivity contribution < 1.29 is 14.3 Å². The molecule has 1 fully saturated rings. The SMILES string of the molecule is CCCOC(=O)c1ccc(CN2CCC(OC(c3ccccc3)c3ccccc3)CC2)cn1. The van der Waals surface area contributed by atoms with E-state index >= 15 is 0 Å². The third kappa shape index (κ3) is 6.50. The standard InChI is InChI=1S/C28H32N2O3/c1-2-19-32-28(31)26-14-13-22(20-29-26)21-30-17-15-25(16-18-30)33-27(23-9-5-3-6-10-23)24-11-7-4-8-12-24/h3-14,20,25,27H,2,15-19,21H2,1H3. The molecule has 172 valence electrons. The molecule has 1 aromatic heterocycles. The van der Waals surface area contributed by atoms with Crippen LogP contribution in [0.4, 0.5) is 0 Å². The monoisotopic (exact) mass is 444 g/mol. The van der Waals surface area contributed by atoms with Crippen LogP contribution < -0.4 is 0 Å². The molecule has 1 saturated heterocycles. The Morgan fingerprint density at radius 3 is 2.15 bits per heavy atom. The molecule has 0 N–H and O–H groups in total. The number of rotatable bonds is 9. The summed E-state index contributed by atoms with van der Waals surface area (Å²) in [6.07, 6.45) is 4.75. The van der Waals surface area contributed by atoms with Gasteiger partial charge in [-0.3, -0.25) is 4.90 Å². The Bertz CT molecular complexity index is 945. The predicted molar refractivity (Wildman–Crippen MR) is 129 cm³/mol. The molecule has 0 spiro atoms. The second-order valence-corrected chi connectivity index (χ2v) is 8.50. The van der Waals surface area contributed by atoms with Crippen molar-refractivity contribution >= 4 is 5.97 Å². The van der Waals surface area contributed by atoms with Crippen LogP contribution in [0.25, 0.3) is 0 Å². The zero-order valence-electron chi connectivity index (χ0n) is 19.2. The minimum absolute atomic E-state index is 0.0480. The molecule has 5 nitrogen and oxygen atoms in total. The molecule has 5 heteroatoms. The Kier molecular flexibility index (Phi) is 8.23. The van der Waals surface area contributed by atoms with Gasteiger partial charge in [0.2, 0.25) is 0 Å². The van der Waals surface area contributed by atoms with Crippen LogP contribution in [0, 0.1) is 0 Å². The van der Waals surface area contributed by atoms with Gasteiger partial charge in [-0.25, -0.2) is 9.78 Å². The van der Waals surface area contributed by atoms with Crippen molar-refractivity contribution in [1.82, 2.24) is 9.88 Å². The third-order valence-corrected chi connectivity index (χ3v) is 5.95. The van der Waals surface area contributed by atoms with Crippen molar-refractivity contribution in [3.63, 3.8) is 0 Å². The predicted octanol–water partition coefficient (Wildman–Crippen LogP) is 5.42. The van der Waals surface area contributed by atoms with Crippen molar-refractivity contribution in [3.05, 3.63) is 101 Å². The van der Waals surface area contributed by atoms with Crippen molar-refractivity contribution in [3.8, 4) is 0 Å². The first-order valence-corrected chi connectivity index (χ1v) is 11.8. The molecule has 0 radical (unpaired) electrons. The molecule has 1 aliphatic rings. The Balaban J connectivity index is 1.31. The van der Waals surface area contributed by atoms with E-state index in [1.165, 1.54) is 11.1 Å². The molecule has 2 aromatic carbocycles. The van der Waals surface area contributed by atoms with E-state index in [4.69, 9.17) is 9.47 Å². The number of hydrogen-bond acceptors (Lipinski definition) is 5. The lowest BCUT2D eigenvalue weighted by molar-refractivity contribution is -0.0281. The molecule has 0 bridgehead atoms. The van der Waals surface area contributed by atoms with E-state index in [-0.39, 0.29) is 18.2 Å². The minimum Gasteiger partial charge on any atom is -0.461 e. The van der Waals surface area contributed by atoms with E-state index in [2.05, 4.69) is 58.4 Å². The number of pyridine rings is 1. The van der Waals surface area contributed by atoms with Crippen LogP contribution in [-0.2, 0) is 16.0 Å². The van der Waals surface area contributed by atoms with Gasteiger partial charge < -0.3 is 9.47 Å². The molecule has 3 aromatic rings. The Morgan fingerprint density at radius 2 is 1.61 bits per heavy atom. The molecule has 2 heterocycles. The second kappa shape index (κ2) is 11.7. The van der Waals surface area contributed by atoms with Gasteiger partial charge >= 0.3 is 5.97 Å². The van der Waals surface area contributed by atoms with E-state index in [0.717, 1.165) is 44.5 Å². The number of carbonyl (C=O) groups is 1. The van der Waals surface area contributed by atoms with Gasteiger partial charge in [0.25, 0.3) is 0 Å². The van der Waals surface area contributed by atoms with E-state index in [1.54, 1.807) is 12.3 Å². The Hall–Kier alpha value is -3.02. The molecule has 0 saturated carbocycles. The summed E-state index contributed by atoms with van der Waals surface area (Å²) in [5, 5.41) is 0. The summed E-state index contributed by atoms with van der Waals surface area (Å²) in [5.74, 6) is -0.354. The van der Waals surface area contributed by atoms with E-state index in [1.807, 2.05) is 25.1 Å². The fourth-order valence-corrected chi connectivity index (χ4v) is 4.17. The average Bonchev–Trinajstić information content (AvgIpc) is 2.88. The van der Waals surface area contributed by atoms with Crippen LogP contribution in [0.15, 0.2) is 79.0 Å². The van der Waals surface area contributed by atoms with E-state index in [0.29, 0.717) is 12.3 Å². The van der Waals surface area contributed by atoms with E-state index in [9.17, 15) is 4.79 Å². The first-order valence-electron chi connectivity index (χ1n) is 11.8. The summed E-state index contributed by atoms with van der Waals surface area (Å²) in [7, 11) is 0. The molecular weight excluding hydrogens is 412 g/mol. The summed E-state index contributed by atoms with van der Waals surface area (Å²) in [5.41, 5.74) is 3.85. The zero-order valence-corrected chi connectivity index (χ0v) is 19.2. The topological polar surface area (TPSA) is 51.7 Å². The van der Waals surface area contributed by atoms with Gasteiger partial charge in [0, 0.05) is 25.8 Å². The number of esters is 1. The lowest BCUT2D eigenvalue weighted by atomic mass is 10.00. The van der Waals surface area contributed by atoms with Crippen molar-refractivity contribution in [2.24, 2.45) is 0 Å². The quantitative estimate of drug-likeness (QED) is 0.413. The smallest absolute Gasteiger partial charge is 0.356 e. The number of piperidine rings is 1. The van der Waals surface area contributed by atoms with Crippen molar-refractivity contribution in [2.75, 3.05) is 19.7 Å². The lowest BCUT2D eigenvalue weighted by Crippen LogP contribution is -2.37. The van der Waals surface area contributed by atoms with Crippen LogP contribution >= 0.6 is 0 Å². The van der Waals surface area contributed by atoms with Gasteiger partial charge in [0.15, 0.2) is 0 Å². The van der Waals surface area contributed by atoms with Gasteiger partial charge in [-0.15, -0.1) is 0 Å². The molecule has 0 unspecified atom stereocenters. The number of nitrogens with zero attached hydrogens (tertiary/aromatic N) is 2. The highest BCUT2D eigenvalue weighted by molar-refractivity contribution is 5.87. The largest absolute Gasteiger partial charge is 0.461 e. The molecular formula is C28H32N2O3. The summed E-state index contributed by atoms with van der Waals surface area (Å²) in [4.78, 5) is 18.6. The maximum absolute atomic E-state index is 11.9.